The SMILES string of the molecule is CC(=O)NC1[C@H](OCCOP(=O)(O)OCOCC(COCOP(=O)(O)OCCO[C@@H]2OC(CO)[C@H](O)[C@H](O)C2C)(COCOP(=O)(O)OCCO[C@@H]2OC(CO)[C@H](O)[C@H](O)C2C)COP(=O)(O)OC[C@H]2O[C@@H](C)CC2OP(C)(=O)O)OC(CO)[C@H](O)[C@@H]1O. The van der Waals surface area contributed by atoms with Crippen molar-refractivity contribution >= 4 is 44.8 Å². The van der Waals surface area contributed by atoms with Crippen molar-refractivity contribution in [2.75, 3.05) is 120 Å². The van der Waals surface area contributed by atoms with Gasteiger partial charge in [0.2, 0.25) is 5.91 Å². The largest absolute Gasteiger partial charge is 0.474 e. The lowest BCUT2D eigenvalue weighted by Crippen LogP contribution is -2.64. The summed E-state index contributed by atoms with van der Waals surface area (Å²) in [6, 6.07) is -1.38. The molecule has 0 aromatic heterocycles. The van der Waals surface area contributed by atoms with Crippen LogP contribution in [0.2, 0.25) is 0 Å². The molecule has 0 saturated carbocycles. The second-order valence-corrected chi connectivity index (χ2v) is 28.2. The lowest BCUT2D eigenvalue weighted by Gasteiger charge is -2.42. The van der Waals surface area contributed by atoms with E-state index in [4.69, 9.17) is 88.1 Å². The van der Waals surface area contributed by atoms with E-state index in [1.54, 1.807) is 6.92 Å². The Bertz CT molecular complexity index is 2240. The van der Waals surface area contributed by atoms with Crippen molar-refractivity contribution in [3.05, 3.63) is 0 Å². The van der Waals surface area contributed by atoms with E-state index in [0.717, 1.165) is 13.6 Å². The van der Waals surface area contributed by atoms with Gasteiger partial charge in [0.25, 0.3) is 0 Å². The fraction of sp³-hybridized carbons (Fsp3) is 0.977. The summed E-state index contributed by atoms with van der Waals surface area (Å²) >= 11 is 0. The highest BCUT2D eigenvalue weighted by Gasteiger charge is 2.47. The summed E-state index contributed by atoms with van der Waals surface area (Å²) in [5.74, 6) is -2.34. The van der Waals surface area contributed by atoms with Crippen molar-refractivity contribution in [3.63, 3.8) is 0 Å². The highest BCUT2D eigenvalue weighted by Crippen LogP contribution is 2.49. The fourth-order valence-electron chi connectivity index (χ4n) is 8.69. The number of aliphatic hydroxyl groups is 9. The predicted molar refractivity (Wildman–Crippen MR) is 284 cm³/mol. The molecule has 0 aliphatic carbocycles. The molecule has 23 atom stereocenters. The Balaban J connectivity index is 1.47. The zero-order valence-corrected chi connectivity index (χ0v) is 52.8. The molecule has 0 radical (unpaired) electrons. The smallest absolute Gasteiger partial charge is 0.394 e. The quantitative estimate of drug-likeness (QED) is 0.0157. The summed E-state index contributed by atoms with van der Waals surface area (Å²) in [4.78, 5) is 63.9. The molecule has 0 spiro atoms. The van der Waals surface area contributed by atoms with Crippen molar-refractivity contribution in [3.8, 4) is 0 Å². The van der Waals surface area contributed by atoms with E-state index >= 15 is 0 Å². The molecule has 4 rings (SSSR count). The number of carbonyl (C=O) groups is 1. The zero-order chi connectivity index (χ0) is 65.8. The molecule has 1 amide bonds. The average molecular weight is 1390 g/mol. The molecule has 4 saturated heterocycles. The van der Waals surface area contributed by atoms with Gasteiger partial charge < -0.3 is 128 Å². The van der Waals surface area contributed by atoms with Gasteiger partial charge in [0.05, 0.1) is 122 Å². The van der Waals surface area contributed by atoms with Crippen LogP contribution in [0.3, 0.4) is 0 Å². The Morgan fingerprint density at radius 1 is 0.489 bits per heavy atom. The third-order valence-corrected chi connectivity index (χ3v) is 17.7. The van der Waals surface area contributed by atoms with Crippen molar-refractivity contribution < 1.29 is 186 Å². The summed E-state index contributed by atoms with van der Waals surface area (Å²) in [6.45, 7) is -7.46. The van der Waals surface area contributed by atoms with Crippen molar-refractivity contribution in [2.24, 2.45) is 17.3 Å². The van der Waals surface area contributed by atoms with Gasteiger partial charge >= 0.3 is 38.9 Å². The van der Waals surface area contributed by atoms with E-state index in [1.807, 2.05) is 0 Å². The first-order valence-electron chi connectivity index (χ1n) is 26.9. The zero-order valence-electron chi connectivity index (χ0n) is 48.3. The Morgan fingerprint density at radius 2 is 0.864 bits per heavy atom. The molecular weight excluding hydrogens is 1310 g/mol. The monoisotopic (exact) mass is 1390 g/mol. The summed E-state index contributed by atoms with van der Waals surface area (Å²) in [7, 11) is -24.7. The summed E-state index contributed by atoms with van der Waals surface area (Å²) < 4.78 is 164. The standard InChI is InChI=1S/C43H84NO39P5/c1-24-12-28(83-84(5,55)56)32(79-24)16-74-88(63,64)75-20-43(17-65-21-76-85(57,58)71-9-6-68-40-25(2)34(49)36(51)29(13-45)80-40,18-66-22-77-86(59,60)72-10-7-69-41-26(3)35(50)37(52)30(14-46)81-41)19-67-23-78-87(61,62)73-11-8-70-42-33(44-27(4)48)39(54)38(53)31(15-47)82-42/h24-26,28-42,45-47,49-54H,6-23H2,1-5H3,(H,44,48)(H,55,56)(H,57,58)(H,59,60)(H,61,62)(H,63,64)/t24-,25?,26?,28?,29?,30?,31?,32+,33?,34+,35+,36-,37-,38-,39+,40+,41+,42+,43?/m0/s1. The van der Waals surface area contributed by atoms with Crippen LogP contribution in [0, 0.1) is 17.3 Å². The molecule has 4 aliphatic heterocycles. The first-order valence-corrected chi connectivity index (χ1v) is 34.9. The molecule has 45 heteroatoms. The molecule has 88 heavy (non-hydrogen) atoms. The summed E-state index contributed by atoms with van der Waals surface area (Å²) in [5.41, 5.74) is -2.11. The minimum Gasteiger partial charge on any atom is -0.394 e. The topological polar surface area (TPSA) is 573 Å². The molecular formula is C43H84NO39P5. The first-order chi connectivity index (χ1) is 41.1. The molecule has 0 bridgehead atoms. The first kappa shape index (κ1) is 79.7. The van der Waals surface area contributed by atoms with Gasteiger partial charge in [-0.1, -0.05) is 13.8 Å². The Labute approximate surface area is 504 Å². The van der Waals surface area contributed by atoms with Crippen LogP contribution in [-0.4, -0.2) is 294 Å². The number of nitrogens with one attached hydrogen (secondary N) is 1. The average Bonchev–Trinajstić information content (AvgIpc) is 2.23. The number of carbonyl (C=O) groups excluding carboxylic acids is 1. The van der Waals surface area contributed by atoms with Crippen LogP contribution < -0.4 is 5.32 Å². The lowest BCUT2D eigenvalue weighted by atomic mass is 9.92. The molecule has 15 N–H and O–H groups in total. The predicted octanol–water partition coefficient (Wildman–Crippen LogP) is -4.05. The number of phosphoric ester groups is 4. The van der Waals surface area contributed by atoms with Crippen LogP contribution in [0.5, 0.6) is 0 Å². The second kappa shape index (κ2) is 37.0. The van der Waals surface area contributed by atoms with Crippen LogP contribution in [0.4, 0.5) is 0 Å². The number of rotatable bonds is 42. The highest BCUT2D eigenvalue weighted by molar-refractivity contribution is 7.52. The Kier molecular flexibility index (Phi) is 33.5. The van der Waals surface area contributed by atoms with E-state index in [-0.39, 0.29) is 6.42 Å². The van der Waals surface area contributed by atoms with Gasteiger partial charge in [-0.05, 0) is 6.92 Å². The van der Waals surface area contributed by atoms with E-state index in [0.29, 0.717) is 0 Å². The maximum absolute atomic E-state index is 13.5. The molecule has 12 unspecified atom stereocenters. The van der Waals surface area contributed by atoms with Gasteiger partial charge in [0, 0.05) is 31.8 Å². The number of aliphatic hydroxyl groups excluding tert-OH is 9. The minimum absolute atomic E-state index is 0.0655. The van der Waals surface area contributed by atoms with Crippen molar-refractivity contribution in [1.29, 1.82) is 0 Å². The van der Waals surface area contributed by atoms with Gasteiger partial charge in [-0.2, -0.15) is 0 Å². The van der Waals surface area contributed by atoms with Gasteiger partial charge in [0.15, 0.2) is 39.2 Å². The number of phosphoric acid groups is 4. The normalized spacial score (nSPS) is 35.4. The third-order valence-electron chi connectivity index (χ3n) is 13.3. The van der Waals surface area contributed by atoms with Crippen LogP contribution >= 0.6 is 38.9 Å². The second-order valence-electron chi connectivity index (χ2n) is 20.6. The van der Waals surface area contributed by atoms with Gasteiger partial charge in [0.1, 0.15) is 54.9 Å². The molecule has 40 nitrogen and oxygen atoms in total. The van der Waals surface area contributed by atoms with Gasteiger partial charge in [-0.15, -0.1) is 0 Å². The molecule has 0 aromatic carbocycles. The highest BCUT2D eigenvalue weighted by atomic mass is 31.2. The maximum atomic E-state index is 13.5. The van der Waals surface area contributed by atoms with E-state index < -0.39 is 273 Å². The Morgan fingerprint density at radius 3 is 1.25 bits per heavy atom. The third kappa shape index (κ3) is 26.8. The molecule has 520 valence electrons. The number of hydrogen-bond acceptors (Lipinski definition) is 34. The van der Waals surface area contributed by atoms with Crippen LogP contribution in [0.25, 0.3) is 0 Å². The molecule has 4 fully saturated rings. The van der Waals surface area contributed by atoms with Gasteiger partial charge in [-0.3, -0.25) is 45.5 Å². The summed E-state index contributed by atoms with van der Waals surface area (Å²) in [5, 5.41) is 92.5. The summed E-state index contributed by atoms with van der Waals surface area (Å²) in [6.07, 6.45) is -19.5. The van der Waals surface area contributed by atoms with E-state index in [2.05, 4.69) is 5.32 Å². The number of amides is 1. The maximum Gasteiger partial charge on any atom is 0.474 e. The minimum atomic E-state index is -5.31. The molecule has 0 aromatic rings. The lowest BCUT2D eigenvalue weighted by molar-refractivity contribution is -0.283. The van der Waals surface area contributed by atoms with Crippen LogP contribution in [0.15, 0.2) is 0 Å². The van der Waals surface area contributed by atoms with E-state index in [9.17, 15) is 98.0 Å². The van der Waals surface area contributed by atoms with Crippen LogP contribution in [-0.2, 0) is 116 Å². The fourth-order valence-corrected chi connectivity index (χ4v) is 12.0. The van der Waals surface area contributed by atoms with E-state index in [1.165, 1.54) is 13.8 Å². The Hall–Kier alpha value is -0.700. The van der Waals surface area contributed by atoms with Crippen molar-refractivity contribution in [2.45, 2.75) is 132 Å². The number of ether oxygens (including phenoxy) is 10. The van der Waals surface area contributed by atoms with Gasteiger partial charge in [-0.25, -0.2) is 18.3 Å². The molecule has 4 aliphatic rings. The van der Waals surface area contributed by atoms with Crippen LogP contribution in [0.1, 0.15) is 34.1 Å². The molecule has 4 heterocycles. The van der Waals surface area contributed by atoms with Crippen molar-refractivity contribution in [1.82, 2.24) is 5.32 Å². The number of hydrogen-bond donors (Lipinski definition) is 15.